The number of ether oxygens (including phenoxy) is 3. The first-order valence-electron chi connectivity index (χ1n) is 4.62. The summed E-state index contributed by atoms with van der Waals surface area (Å²) in [5.41, 5.74) is 0. The van der Waals surface area contributed by atoms with Crippen LogP contribution >= 0.6 is 0 Å². The minimum Gasteiger partial charge on any atom is -0.494 e. The fourth-order valence-electron chi connectivity index (χ4n) is 1.06. The van der Waals surface area contributed by atoms with Crippen molar-refractivity contribution in [2.24, 2.45) is 0 Å². The van der Waals surface area contributed by atoms with Gasteiger partial charge in [-0.15, -0.1) is 0 Å². The molecule has 0 saturated heterocycles. The van der Waals surface area contributed by atoms with Crippen molar-refractivity contribution >= 4 is 11.9 Å². The third kappa shape index (κ3) is 3.43. The summed E-state index contributed by atoms with van der Waals surface area (Å²) in [5.74, 6) is -1.84. The molecule has 1 aliphatic rings. The van der Waals surface area contributed by atoms with Crippen molar-refractivity contribution < 1.29 is 28.9 Å². The van der Waals surface area contributed by atoms with Gasteiger partial charge in [0.1, 0.15) is 19.5 Å². The van der Waals surface area contributed by atoms with E-state index < -0.39 is 17.9 Å². The van der Waals surface area contributed by atoms with Gasteiger partial charge in [0.05, 0.1) is 6.61 Å². The molecule has 7 nitrogen and oxygen atoms in total. The number of aliphatic carboxylic acids is 1. The molecule has 0 saturated carbocycles. The predicted octanol–water partition coefficient (Wildman–Crippen LogP) is -0.910. The average molecular weight is 231 g/mol. The molecule has 1 atom stereocenters. The molecule has 0 aliphatic carbocycles. The van der Waals surface area contributed by atoms with E-state index in [4.69, 9.17) is 14.6 Å². The first-order chi connectivity index (χ1) is 7.65. The molecule has 1 heterocycles. The molecule has 7 heteroatoms. The van der Waals surface area contributed by atoms with Gasteiger partial charge in [-0.2, -0.15) is 0 Å². The highest BCUT2D eigenvalue weighted by Gasteiger charge is 2.23. The molecule has 0 aromatic carbocycles. The van der Waals surface area contributed by atoms with Crippen LogP contribution in [-0.4, -0.2) is 50.0 Å². The SMILES string of the molecule is COCC(NC(=O)C1=COCCO1)C(=O)O. The fourth-order valence-corrected chi connectivity index (χ4v) is 1.06. The highest BCUT2D eigenvalue weighted by atomic mass is 16.6. The molecule has 16 heavy (non-hydrogen) atoms. The zero-order valence-corrected chi connectivity index (χ0v) is 8.76. The number of nitrogens with one attached hydrogen (secondary N) is 1. The molecule has 0 fully saturated rings. The third-order valence-electron chi connectivity index (χ3n) is 1.81. The van der Waals surface area contributed by atoms with E-state index in [0.717, 1.165) is 6.26 Å². The summed E-state index contributed by atoms with van der Waals surface area (Å²) in [6, 6.07) is -1.11. The van der Waals surface area contributed by atoms with Crippen molar-refractivity contribution in [3.8, 4) is 0 Å². The largest absolute Gasteiger partial charge is 0.494 e. The van der Waals surface area contributed by atoms with E-state index in [1.54, 1.807) is 0 Å². The van der Waals surface area contributed by atoms with Crippen LogP contribution in [0.25, 0.3) is 0 Å². The molecular weight excluding hydrogens is 218 g/mol. The fraction of sp³-hybridized carbons (Fsp3) is 0.556. The maximum atomic E-state index is 11.5. The number of rotatable bonds is 5. The Morgan fingerprint density at radius 2 is 2.38 bits per heavy atom. The average Bonchev–Trinajstić information content (AvgIpc) is 2.29. The second-order valence-electron chi connectivity index (χ2n) is 3.02. The molecule has 0 aromatic rings. The van der Waals surface area contributed by atoms with E-state index >= 15 is 0 Å². The van der Waals surface area contributed by atoms with Crippen LogP contribution in [-0.2, 0) is 23.8 Å². The van der Waals surface area contributed by atoms with E-state index in [2.05, 4.69) is 10.1 Å². The molecule has 1 unspecified atom stereocenters. The minimum absolute atomic E-state index is 0.0337. The zero-order valence-electron chi connectivity index (χ0n) is 8.76. The number of carboxylic acid groups (broad SMARTS) is 1. The standard InChI is InChI=1S/C9H13NO6/c1-14-4-6(9(12)13)10-8(11)7-5-15-2-3-16-7/h5-6H,2-4H2,1H3,(H,10,11)(H,12,13). The first-order valence-corrected chi connectivity index (χ1v) is 4.62. The van der Waals surface area contributed by atoms with Crippen LogP contribution in [0.2, 0.25) is 0 Å². The number of carboxylic acids is 1. The lowest BCUT2D eigenvalue weighted by Crippen LogP contribution is -2.45. The van der Waals surface area contributed by atoms with Crippen molar-refractivity contribution in [2.75, 3.05) is 26.9 Å². The smallest absolute Gasteiger partial charge is 0.328 e. The van der Waals surface area contributed by atoms with Crippen molar-refractivity contribution in [2.45, 2.75) is 6.04 Å². The molecule has 90 valence electrons. The minimum atomic E-state index is -1.17. The number of hydrogen-bond donors (Lipinski definition) is 2. The number of carbonyl (C=O) groups is 2. The summed E-state index contributed by atoms with van der Waals surface area (Å²) in [5, 5.41) is 11.0. The molecule has 2 N–H and O–H groups in total. The van der Waals surface area contributed by atoms with Gasteiger partial charge in [0.15, 0.2) is 6.04 Å². The second-order valence-corrected chi connectivity index (χ2v) is 3.02. The Hall–Kier alpha value is -1.76. The Labute approximate surface area is 92.0 Å². The Morgan fingerprint density at radius 1 is 1.62 bits per heavy atom. The molecule has 0 radical (unpaired) electrons. The Kier molecular flexibility index (Phi) is 4.59. The topological polar surface area (TPSA) is 94.1 Å². The highest BCUT2D eigenvalue weighted by Crippen LogP contribution is 2.04. The van der Waals surface area contributed by atoms with Crippen molar-refractivity contribution in [1.82, 2.24) is 5.32 Å². The Bertz CT molecular complexity index is 300. The van der Waals surface area contributed by atoms with Crippen LogP contribution in [0.1, 0.15) is 0 Å². The van der Waals surface area contributed by atoms with Gasteiger partial charge in [0, 0.05) is 7.11 Å². The van der Waals surface area contributed by atoms with Crippen LogP contribution in [0, 0.1) is 0 Å². The molecule has 1 aliphatic heterocycles. The summed E-state index contributed by atoms with van der Waals surface area (Å²) < 4.78 is 14.5. The quantitative estimate of drug-likeness (QED) is 0.636. The molecule has 0 bridgehead atoms. The molecule has 1 amide bonds. The van der Waals surface area contributed by atoms with Crippen LogP contribution in [0.15, 0.2) is 12.0 Å². The molecular formula is C9H13NO6. The van der Waals surface area contributed by atoms with E-state index in [-0.39, 0.29) is 19.0 Å². The van der Waals surface area contributed by atoms with Gasteiger partial charge in [0.25, 0.3) is 5.91 Å². The monoisotopic (exact) mass is 231 g/mol. The lowest BCUT2D eigenvalue weighted by atomic mass is 10.3. The summed E-state index contributed by atoms with van der Waals surface area (Å²) in [6.07, 6.45) is 1.16. The zero-order chi connectivity index (χ0) is 12.0. The van der Waals surface area contributed by atoms with Gasteiger partial charge in [-0.3, -0.25) is 4.79 Å². The summed E-state index contributed by atoms with van der Waals surface area (Å²) >= 11 is 0. The molecule has 1 rings (SSSR count). The maximum Gasteiger partial charge on any atom is 0.328 e. The normalized spacial score (nSPS) is 16.4. The summed E-state index contributed by atoms with van der Waals surface area (Å²) in [4.78, 5) is 22.2. The van der Waals surface area contributed by atoms with Gasteiger partial charge < -0.3 is 24.6 Å². The van der Waals surface area contributed by atoms with Gasteiger partial charge >= 0.3 is 5.97 Å². The lowest BCUT2D eigenvalue weighted by molar-refractivity contribution is -0.143. The van der Waals surface area contributed by atoms with Gasteiger partial charge in [0.2, 0.25) is 5.76 Å². The lowest BCUT2D eigenvalue weighted by Gasteiger charge is -2.17. The van der Waals surface area contributed by atoms with Crippen LogP contribution in [0.4, 0.5) is 0 Å². The number of amides is 1. The van der Waals surface area contributed by atoms with Crippen LogP contribution < -0.4 is 5.32 Å². The number of hydrogen-bond acceptors (Lipinski definition) is 5. The van der Waals surface area contributed by atoms with E-state index in [9.17, 15) is 9.59 Å². The van der Waals surface area contributed by atoms with E-state index in [1.807, 2.05) is 0 Å². The first kappa shape index (κ1) is 12.3. The van der Waals surface area contributed by atoms with Crippen LogP contribution in [0.5, 0.6) is 0 Å². The Morgan fingerprint density at radius 3 is 2.88 bits per heavy atom. The van der Waals surface area contributed by atoms with Crippen molar-refractivity contribution in [3.05, 3.63) is 12.0 Å². The van der Waals surface area contributed by atoms with Crippen LogP contribution in [0.3, 0.4) is 0 Å². The van der Waals surface area contributed by atoms with Gasteiger partial charge in [-0.25, -0.2) is 4.79 Å². The van der Waals surface area contributed by atoms with Gasteiger partial charge in [-0.1, -0.05) is 0 Å². The molecule has 0 spiro atoms. The predicted molar refractivity (Wildman–Crippen MR) is 51.4 cm³/mol. The highest BCUT2D eigenvalue weighted by molar-refractivity contribution is 5.94. The molecule has 0 aromatic heterocycles. The van der Waals surface area contributed by atoms with Crippen molar-refractivity contribution in [3.63, 3.8) is 0 Å². The van der Waals surface area contributed by atoms with Crippen molar-refractivity contribution in [1.29, 1.82) is 0 Å². The van der Waals surface area contributed by atoms with E-state index in [0.29, 0.717) is 6.61 Å². The summed E-state index contributed by atoms with van der Waals surface area (Å²) in [6.45, 7) is 0.522. The van der Waals surface area contributed by atoms with Gasteiger partial charge in [-0.05, 0) is 0 Å². The summed E-state index contributed by atoms with van der Waals surface area (Å²) in [7, 11) is 1.35. The number of methoxy groups -OCH3 is 1. The van der Waals surface area contributed by atoms with E-state index in [1.165, 1.54) is 7.11 Å². The number of carbonyl (C=O) groups excluding carboxylic acids is 1. The maximum absolute atomic E-state index is 11.5. The second kappa shape index (κ2) is 5.96. The Balaban J connectivity index is 2.53. The third-order valence-corrected chi connectivity index (χ3v) is 1.81.